The minimum Gasteiger partial charge on any atom is -0.339 e. The van der Waals surface area contributed by atoms with E-state index in [2.05, 4.69) is 21.2 Å². The summed E-state index contributed by atoms with van der Waals surface area (Å²) >= 11 is 3.35. The first-order chi connectivity index (χ1) is 10.3. The average Bonchev–Trinajstić information content (AvgIpc) is 2.50. The van der Waals surface area contributed by atoms with Crippen LogP contribution in [0.3, 0.4) is 0 Å². The van der Waals surface area contributed by atoms with Crippen LogP contribution in [0.4, 0.5) is 0 Å². The van der Waals surface area contributed by atoms with Crippen molar-refractivity contribution in [1.82, 2.24) is 14.5 Å². The van der Waals surface area contributed by atoms with Gasteiger partial charge < -0.3 is 10.2 Å². The largest absolute Gasteiger partial charge is 0.339 e. The summed E-state index contributed by atoms with van der Waals surface area (Å²) in [6.45, 7) is 4.41. The number of hydrogen-bond acceptors (Lipinski definition) is 4. The van der Waals surface area contributed by atoms with Crippen molar-refractivity contribution >= 4 is 31.9 Å². The molecule has 1 aromatic rings. The van der Waals surface area contributed by atoms with Gasteiger partial charge in [-0.1, -0.05) is 15.9 Å². The van der Waals surface area contributed by atoms with E-state index in [0.717, 1.165) is 27.4 Å². The molecule has 122 valence electrons. The molecule has 1 saturated heterocycles. The summed E-state index contributed by atoms with van der Waals surface area (Å²) in [5.74, 6) is -0.165. The Morgan fingerprint density at radius 2 is 2.00 bits per heavy atom. The molecule has 0 unspecified atom stereocenters. The number of nitrogens with one attached hydrogen (secondary N) is 1. The predicted molar refractivity (Wildman–Crippen MR) is 88.1 cm³/mol. The minimum absolute atomic E-state index is 0.141. The minimum atomic E-state index is -3.66. The zero-order valence-corrected chi connectivity index (χ0v) is 15.1. The molecular weight excluding hydrogens is 370 g/mol. The Bertz CT molecular complexity index is 657. The fourth-order valence-electron chi connectivity index (χ4n) is 2.25. The molecule has 1 aliphatic heterocycles. The van der Waals surface area contributed by atoms with Gasteiger partial charge in [0.1, 0.15) is 0 Å². The number of carbonyl (C=O) groups excluding carboxylic acids is 1. The van der Waals surface area contributed by atoms with Gasteiger partial charge in [-0.2, -0.15) is 4.31 Å². The van der Waals surface area contributed by atoms with Gasteiger partial charge in [0, 0.05) is 37.7 Å². The van der Waals surface area contributed by atoms with Crippen LogP contribution in [-0.2, 0) is 14.8 Å². The number of nitrogens with zero attached hydrogens (tertiary/aromatic N) is 2. The number of amides is 1. The highest BCUT2D eigenvalue weighted by Crippen LogP contribution is 2.22. The van der Waals surface area contributed by atoms with Gasteiger partial charge in [0.2, 0.25) is 15.9 Å². The lowest BCUT2D eigenvalue weighted by molar-refractivity contribution is -0.131. The third-order valence-corrected chi connectivity index (χ3v) is 6.35. The molecule has 0 saturated carbocycles. The summed E-state index contributed by atoms with van der Waals surface area (Å²) in [4.78, 5) is 14.1. The summed E-state index contributed by atoms with van der Waals surface area (Å²) in [5, 5.41) is 3.16. The van der Waals surface area contributed by atoms with Crippen molar-refractivity contribution in [3.63, 3.8) is 0 Å². The van der Waals surface area contributed by atoms with Crippen LogP contribution in [-0.4, -0.2) is 63.3 Å². The first kappa shape index (κ1) is 17.4. The summed E-state index contributed by atoms with van der Waals surface area (Å²) in [7, 11) is -2.23. The number of piperazine rings is 1. The van der Waals surface area contributed by atoms with E-state index in [0.29, 0.717) is 13.1 Å². The lowest BCUT2D eigenvalue weighted by atomic mass is 10.2. The fraction of sp³-hybridized carbons (Fsp3) is 0.500. The number of aryl methyl sites for hydroxylation is 1. The van der Waals surface area contributed by atoms with E-state index in [1.807, 2.05) is 6.92 Å². The van der Waals surface area contributed by atoms with Crippen LogP contribution in [0, 0.1) is 6.92 Å². The molecule has 0 aromatic heterocycles. The van der Waals surface area contributed by atoms with E-state index >= 15 is 0 Å². The second-order valence-electron chi connectivity index (χ2n) is 5.30. The number of carbonyl (C=O) groups is 1. The fourth-order valence-corrected chi connectivity index (χ4v) is 3.70. The zero-order chi connectivity index (χ0) is 16.3. The maximum Gasteiger partial charge on any atom is 0.243 e. The van der Waals surface area contributed by atoms with Gasteiger partial charge in [0.05, 0.1) is 11.4 Å². The molecule has 0 radical (unpaired) electrons. The highest BCUT2D eigenvalue weighted by Gasteiger charge is 2.26. The van der Waals surface area contributed by atoms with Gasteiger partial charge in [-0.15, -0.1) is 0 Å². The lowest BCUT2D eigenvalue weighted by Crippen LogP contribution is -2.49. The summed E-state index contributed by atoms with van der Waals surface area (Å²) in [6, 6.07) is 4.84. The maximum atomic E-state index is 12.5. The van der Waals surface area contributed by atoms with Gasteiger partial charge in [-0.05, 0) is 30.7 Å². The number of benzene rings is 1. The highest BCUT2D eigenvalue weighted by molar-refractivity contribution is 9.10. The number of hydrogen-bond donors (Lipinski definition) is 1. The molecule has 1 aliphatic rings. The van der Waals surface area contributed by atoms with Crippen molar-refractivity contribution < 1.29 is 13.2 Å². The number of sulfonamides is 1. The third-order valence-electron chi connectivity index (χ3n) is 3.67. The second kappa shape index (κ2) is 7.08. The molecule has 8 heteroatoms. The summed E-state index contributed by atoms with van der Waals surface area (Å²) < 4.78 is 27.0. The topological polar surface area (TPSA) is 69.7 Å². The molecule has 22 heavy (non-hydrogen) atoms. The number of likely N-dealkylation sites (N-methyl/N-ethyl adjacent to an activating group) is 1. The summed E-state index contributed by atoms with van der Waals surface area (Å²) in [6.07, 6.45) is 0. The van der Waals surface area contributed by atoms with E-state index in [9.17, 15) is 13.2 Å². The molecule has 1 fully saturated rings. The molecule has 1 aromatic carbocycles. The Morgan fingerprint density at radius 3 is 2.59 bits per heavy atom. The molecule has 1 heterocycles. The summed E-state index contributed by atoms with van der Waals surface area (Å²) in [5.41, 5.74) is 0.836. The van der Waals surface area contributed by atoms with Crippen LogP contribution in [0.15, 0.2) is 27.6 Å². The van der Waals surface area contributed by atoms with Gasteiger partial charge in [0.25, 0.3) is 0 Å². The van der Waals surface area contributed by atoms with E-state index in [1.165, 1.54) is 13.1 Å². The third kappa shape index (κ3) is 3.87. The van der Waals surface area contributed by atoms with E-state index in [-0.39, 0.29) is 17.3 Å². The Labute approximate surface area is 139 Å². The SMILES string of the molecule is Cc1cc(S(=O)(=O)N(C)CC(=O)N2CCNCC2)ccc1Br. The maximum absolute atomic E-state index is 12.5. The second-order valence-corrected chi connectivity index (χ2v) is 8.20. The van der Waals surface area contributed by atoms with Gasteiger partial charge in [-0.25, -0.2) is 8.42 Å². The van der Waals surface area contributed by atoms with E-state index in [1.54, 1.807) is 17.0 Å². The molecule has 1 amide bonds. The number of halogens is 1. The van der Waals surface area contributed by atoms with Crippen LogP contribution < -0.4 is 5.32 Å². The van der Waals surface area contributed by atoms with Crippen molar-refractivity contribution in [2.24, 2.45) is 0 Å². The molecule has 6 nitrogen and oxygen atoms in total. The predicted octanol–water partition coefficient (Wildman–Crippen LogP) is 0.810. The van der Waals surface area contributed by atoms with Crippen LogP contribution >= 0.6 is 15.9 Å². The zero-order valence-electron chi connectivity index (χ0n) is 12.7. The van der Waals surface area contributed by atoms with Gasteiger partial charge in [0.15, 0.2) is 0 Å². The molecule has 0 aliphatic carbocycles. The van der Waals surface area contributed by atoms with E-state index < -0.39 is 10.0 Å². The monoisotopic (exact) mass is 389 g/mol. The molecular formula is C14H20BrN3O3S. The Hall–Kier alpha value is -0.960. The van der Waals surface area contributed by atoms with Crippen molar-refractivity contribution in [1.29, 1.82) is 0 Å². The van der Waals surface area contributed by atoms with Crippen molar-refractivity contribution in [3.05, 3.63) is 28.2 Å². The van der Waals surface area contributed by atoms with Crippen molar-refractivity contribution in [3.8, 4) is 0 Å². The van der Waals surface area contributed by atoms with Crippen LogP contribution in [0.5, 0.6) is 0 Å². The standard InChI is InChI=1S/C14H20BrN3O3S/c1-11-9-12(3-4-13(11)15)22(20,21)17(2)10-14(19)18-7-5-16-6-8-18/h3-4,9,16H,5-8,10H2,1-2H3. The average molecular weight is 390 g/mol. The quantitative estimate of drug-likeness (QED) is 0.826. The first-order valence-electron chi connectivity index (χ1n) is 7.03. The first-order valence-corrected chi connectivity index (χ1v) is 9.26. The Kier molecular flexibility index (Phi) is 5.60. The highest BCUT2D eigenvalue weighted by atomic mass is 79.9. The molecule has 2 rings (SSSR count). The van der Waals surface area contributed by atoms with Crippen LogP contribution in [0.25, 0.3) is 0 Å². The normalized spacial score (nSPS) is 16.1. The smallest absolute Gasteiger partial charge is 0.243 e. The molecule has 0 bridgehead atoms. The molecule has 1 N–H and O–H groups in total. The van der Waals surface area contributed by atoms with Gasteiger partial charge >= 0.3 is 0 Å². The van der Waals surface area contributed by atoms with Gasteiger partial charge in [-0.3, -0.25) is 4.79 Å². The van der Waals surface area contributed by atoms with Crippen LogP contribution in [0.2, 0.25) is 0 Å². The van der Waals surface area contributed by atoms with Crippen molar-refractivity contribution in [2.45, 2.75) is 11.8 Å². The molecule has 0 spiro atoms. The van der Waals surface area contributed by atoms with Crippen molar-refractivity contribution in [2.75, 3.05) is 39.8 Å². The lowest BCUT2D eigenvalue weighted by Gasteiger charge is -2.29. The molecule has 0 atom stereocenters. The van der Waals surface area contributed by atoms with E-state index in [4.69, 9.17) is 0 Å². The van der Waals surface area contributed by atoms with Crippen LogP contribution in [0.1, 0.15) is 5.56 Å². The number of rotatable bonds is 4. The Balaban J connectivity index is 2.11. The Morgan fingerprint density at radius 1 is 1.36 bits per heavy atom.